The van der Waals surface area contributed by atoms with Crippen molar-refractivity contribution in [2.45, 2.75) is 19.9 Å². The fraction of sp³-hybridized carbons (Fsp3) is 0.286. The Morgan fingerprint density at radius 2 is 1.89 bits per heavy atom. The molecule has 1 aromatic heterocycles. The van der Waals surface area contributed by atoms with Crippen molar-refractivity contribution in [3.8, 4) is 0 Å². The van der Waals surface area contributed by atoms with E-state index in [1.807, 2.05) is 0 Å². The standard InChI is InChI=1S/C14H14Br3NS/c1-3-18-13(12-7-11(16)14(17)19-12)9-6-8(2)4-5-10(9)15/h4-7,13,18H,3H2,1-2H3. The van der Waals surface area contributed by atoms with Gasteiger partial charge in [0.15, 0.2) is 0 Å². The Hall–Kier alpha value is 0.320. The van der Waals surface area contributed by atoms with Gasteiger partial charge in [-0.2, -0.15) is 0 Å². The number of thiophene rings is 1. The SMILES string of the molecule is CCNC(c1cc(Br)c(Br)s1)c1cc(C)ccc1Br. The van der Waals surface area contributed by atoms with E-state index in [1.54, 1.807) is 11.3 Å². The molecule has 0 aliphatic heterocycles. The fourth-order valence-electron chi connectivity index (χ4n) is 1.96. The van der Waals surface area contributed by atoms with Crippen LogP contribution >= 0.6 is 59.1 Å². The molecule has 1 nitrogen and oxygen atoms in total. The van der Waals surface area contributed by atoms with E-state index in [-0.39, 0.29) is 6.04 Å². The second-order valence-corrected chi connectivity index (χ2v) is 8.40. The minimum absolute atomic E-state index is 0.215. The predicted molar refractivity (Wildman–Crippen MR) is 94.1 cm³/mol. The van der Waals surface area contributed by atoms with Crippen LogP contribution in [-0.4, -0.2) is 6.54 Å². The molecule has 0 aliphatic carbocycles. The number of halogens is 3. The van der Waals surface area contributed by atoms with Crippen molar-refractivity contribution >= 4 is 59.1 Å². The van der Waals surface area contributed by atoms with Crippen LogP contribution in [-0.2, 0) is 0 Å². The molecule has 1 unspecified atom stereocenters. The zero-order valence-corrected chi connectivity index (χ0v) is 16.2. The molecule has 5 heteroatoms. The summed E-state index contributed by atoms with van der Waals surface area (Å²) in [5, 5.41) is 3.56. The van der Waals surface area contributed by atoms with E-state index >= 15 is 0 Å². The second kappa shape index (κ2) is 6.85. The van der Waals surface area contributed by atoms with Gasteiger partial charge >= 0.3 is 0 Å². The van der Waals surface area contributed by atoms with Crippen molar-refractivity contribution in [2.75, 3.05) is 6.54 Å². The van der Waals surface area contributed by atoms with Crippen LogP contribution in [0.5, 0.6) is 0 Å². The highest BCUT2D eigenvalue weighted by Crippen LogP contribution is 2.39. The number of rotatable bonds is 4. The zero-order chi connectivity index (χ0) is 14.0. The highest BCUT2D eigenvalue weighted by atomic mass is 79.9. The predicted octanol–water partition coefficient (Wildman–Crippen LogP) is 6.04. The lowest BCUT2D eigenvalue weighted by Gasteiger charge is -2.19. The first-order chi connectivity index (χ1) is 9.02. The van der Waals surface area contributed by atoms with Crippen LogP contribution in [0.3, 0.4) is 0 Å². The number of benzene rings is 1. The molecular weight excluding hydrogens is 454 g/mol. The second-order valence-electron chi connectivity index (χ2n) is 4.29. The third-order valence-electron chi connectivity index (χ3n) is 2.82. The van der Waals surface area contributed by atoms with Crippen LogP contribution in [0.25, 0.3) is 0 Å². The molecule has 1 aromatic carbocycles. The quantitative estimate of drug-likeness (QED) is 0.577. The molecule has 0 aliphatic rings. The number of aryl methyl sites for hydroxylation is 1. The molecule has 1 heterocycles. The zero-order valence-electron chi connectivity index (χ0n) is 10.6. The maximum Gasteiger partial charge on any atom is 0.0843 e. The molecule has 0 bridgehead atoms. The Balaban J connectivity index is 2.47. The first-order valence-electron chi connectivity index (χ1n) is 5.97. The monoisotopic (exact) mass is 465 g/mol. The highest BCUT2D eigenvalue weighted by molar-refractivity contribution is 9.13. The van der Waals surface area contributed by atoms with Crippen molar-refractivity contribution in [3.05, 3.63) is 53.0 Å². The molecule has 2 rings (SSSR count). The Morgan fingerprint density at radius 1 is 1.16 bits per heavy atom. The van der Waals surface area contributed by atoms with Crippen LogP contribution in [0.2, 0.25) is 0 Å². The third-order valence-corrected chi connectivity index (χ3v) is 6.86. The van der Waals surface area contributed by atoms with Gasteiger partial charge in [-0.25, -0.2) is 0 Å². The largest absolute Gasteiger partial charge is 0.306 e. The normalized spacial score (nSPS) is 12.7. The Bertz CT molecular complexity index is 561. The summed E-state index contributed by atoms with van der Waals surface area (Å²) in [6.07, 6.45) is 0. The average Bonchev–Trinajstić information content (AvgIpc) is 2.70. The molecule has 1 atom stereocenters. The van der Waals surface area contributed by atoms with Gasteiger partial charge in [-0.3, -0.25) is 0 Å². The van der Waals surface area contributed by atoms with E-state index < -0.39 is 0 Å². The summed E-state index contributed by atoms with van der Waals surface area (Å²) >= 11 is 12.6. The summed E-state index contributed by atoms with van der Waals surface area (Å²) in [6.45, 7) is 5.19. The van der Waals surface area contributed by atoms with Gasteiger partial charge in [0.1, 0.15) is 0 Å². The minimum Gasteiger partial charge on any atom is -0.306 e. The number of nitrogens with one attached hydrogen (secondary N) is 1. The summed E-state index contributed by atoms with van der Waals surface area (Å²) < 4.78 is 3.39. The van der Waals surface area contributed by atoms with Crippen LogP contribution < -0.4 is 5.32 Å². The van der Waals surface area contributed by atoms with E-state index in [0.717, 1.165) is 19.3 Å². The summed E-state index contributed by atoms with van der Waals surface area (Å²) in [4.78, 5) is 1.30. The molecule has 2 aromatic rings. The Morgan fingerprint density at radius 3 is 2.47 bits per heavy atom. The smallest absolute Gasteiger partial charge is 0.0843 e. The van der Waals surface area contributed by atoms with Gasteiger partial charge in [-0.05, 0) is 63.0 Å². The van der Waals surface area contributed by atoms with Gasteiger partial charge in [0.05, 0.1) is 9.83 Å². The van der Waals surface area contributed by atoms with E-state index in [4.69, 9.17) is 0 Å². The molecule has 0 saturated heterocycles. The molecule has 0 fully saturated rings. The molecule has 0 spiro atoms. The van der Waals surface area contributed by atoms with Gasteiger partial charge in [-0.15, -0.1) is 11.3 Å². The van der Waals surface area contributed by atoms with Crippen molar-refractivity contribution in [1.29, 1.82) is 0 Å². The van der Waals surface area contributed by atoms with Gasteiger partial charge in [0, 0.05) is 13.8 Å². The van der Waals surface area contributed by atoms with Crippen LogP contribution in [0.1, 0.15) is 29.0 Å². The van der Waals surface area contributed by atoms with Crippen LogP contribution in [0, 0.1) is 6.92 Å². The Labute approximate surface area is 143 Å². The van der Waals surface area contributed by atoms with Crippen molar-refractivity contribution < 1.29 is 0 Å². The highest BCUT2D eigenvalue weighted by Gasteiger charge is 2.19. The van der Waals surface area contributed by atoms with Gasteiger partial charge in [0.2, 0.25) is 0 Å². The molecule has 102 valence electrons. The molecule has 0 radical (unpaired) electrons. The van der Waals surface area contributed by atoms with E-state index in [9.17, 15) is 0 Å². The molecular formula is C14H14Br3NS. The van der Waals surface area contributed by atoms with Gasteiger partial charge in [-0.1, -0.05) is 40.5 Å². The fourth-order valence-corrected chi connectivity index (χ4v) is 4.62. The third kappa shape index (κ3) is 3.70. The van der Waals surface area contributed by atoms with E-state index in [2.05, 4.69) is 91.2 Å². The summed E-state index contributed by atoms with van der Waals surface area (Å²) in [5.41, 5.74) is 2.55. The summed E-state index contributed by atoms with van der Waals surface area (Å²) in [5.74, 6) is 0. The molecule has 0 saturated carbocycles. The van der Waals surface area contributed by atoms with Crippen LogP contribution in [0.4, 0.5) is 0 Å². The topological polar surface area (TPSA) is 12.0 Å². The maximum absolute atomic E-state index is 3.66. The lowest BCUT2D eigenvalue weighted by molar-refractivity contribution is 0.637. The van der Waals surface area contributed by atoms with Crippen LogP contribution in [0.15, 0.2) is 37.0 Å². The van der Waals surface area contributed by atoms with Gasteiger partial charge < -0.3 is 5.32 Å². The minimum atomic E-state index is 0.215. The number of hydrogen-bond acceptors (Lipinski definition) is 2. The molecule has 19 heavy (non-hydrogen) atoms. The first kappa shape index (κ1) is 15.7. The first-order valence-corrected chi connectivity index (χ1v) is 9.16. The Kier molecular flexibility index (Phi) is 5.66. The molecule has 1 N–H and O–H groups in total. The summed E-state index contributed by atoms with van der Waals surface area (Å²) in [7, 11) is 0. The maximum atomic E-state index is 3.66. The van der Waals surface area contributed by atoms with Crippen molar-refractivity contribution in [3.63, 3.8) is 0 Å². The van der Waals surface area contributed by atoms with E-state index in [1.165, 1.54) is 16.0 Å². The lowest BCUT2D eigenvalue weighted by atomic mass is 10.0. The average molecular weight is 468 g/mol. The van der Waals surface area contributed by atoms with Crippen molar-refractivity contribution in [1.82, 2.24) is 5.32 Å². The molecule has 0 amide bonds. The number of hydrogen-bond donors (Lipinski definition) is 1. The summed E-state index contributed by atoms with van der Waals surface area (Å²) in [6, 6.07) is 8.87. The van der Waals surface area contributed by atoms with E-state index in [0.29, 0.717) is 0 Å². The van der Waals surface area contributed by atoms with Gasteiger partial charge in [0.25, 0.3) is 0 Å². The lowest BCUT2D eigenvalue weighted by Crippen LogP contribution is -2.21. The van der Waals surface area contributed by atoms with Crippen molar-refractivity contribution in [2.24, 2.45) is 0 Å².